The maximum absolute atomic E-state index is 13.2. The van der Waals surface area contributed by atoms with Crippen LogP contribution in [0.15, 0.2) is 120 Å². The van der Waals surface area contributed by atoms with Crippen molar-refractivity contribution in [1.82, 2.24) is 4.90 Å². The number of benzene rings is 4. The van der Waals surface area contributed by atoms with E-state index in [1.165, 1.54) is 66.6 Å². The van der Waals surface area contributed by atoms with Crippen LogP contribution in [0.4, 0.5) is 11.4 Å². The first-order valence-corrected chi connectivity index (χ1v) is 18.6. The fourth-order valence-electron chi connectivity index (χ4n) is 9.23. The van der Waals surface area contributed by atoms with Gasteiger partial charge in [0.15, 0.2) is 5.71 Å². The zero-order chi connectivity index (χ0) is 35.4. The molecule has 0 N–H and O–H groups in total. The van der Waals surface area contributed by atoms with Crippen LogP contribution in [0.2, 0.25) is 0 Å². The summed E-state index contributed by atoms with van der Waals surface area (Å²) in [5, 5.41) is 5.22. The Morgan fingerprint density at radius 3 is 2.10 bits per heavy atom. The lowest BCUT2D eigenvalue weighted by Gasteiger charge is -2.31. The molecule has 0 atom stereocenters. The summed E-state index contributed by atoms with van der Waals surface area (Å²) in [6.07, 6.45) is 12.3. The molecule has 50 heavy (non-hydrogen) atoms. The monoisotopic (exact) mass is 662 g/mol. The van der Waals surface area contributed by atoms with Gasteiger partial charge in [-0.05, 0) is 110 Å². The van der Waals surface area contributed by atoms with Crippen LogP contribution in [0.3, 0.4) is 0 Å². The number of carbonyl (C=O) groups excluding carboxylic acids is 1. The third-order valence-electron chi connectivity index (χ3n) is 11.5. The normalized spacial score (nSPS) is 19.8. The van der Waals surface area contributed by atoms with Gasteiger partial charge in [-0.1, -0.05) is 80.6 Å². The average Bonchev–Trinajstić information content (AvgIpc) is 3.48. The van der Waals surface area contributed by atoms with Crippen molar-refractivity contribution in [3.63, 3.8) is 0 Å². The highest BCUT2D eigenvalue weighted by Gasteiger charge is 2.45. The highest BCUT2D eigenvalue weighted by atomic mass is 16.2. The smallest absolute Gasteiger partial charge is 0.223 e. The molecule has 7 rings (SSSR count). The Morgan fingerprint density at radius 2 is 1.46 bits per heavy atom. The molecule has 4 heteroatoms. The summed E-state index contributed by atoms with van der Waals surface area (Å²) < 4.78 is 2.48. The van der Waals surface area contributed by atoms with E-state index in [2.05, 4.69) is 155 Å². The van der Waals surface area contributed by atoms with Gasteiger partial charge in [-0.3, -0.25) is 4.79 Å². The van der Waals surface area contributed by atoms with Gasteiger partial charge >= 0.3 is 0 Å². The maximum atomic E-state index is 13.2. The third-order valence-corrected chi connectivity index (χ3v) is 11.5. The molecule has 1 aliphatic carbocycles. The molecule has 0 unspecified atom stereocenters. The van der Waals surface area contributed by atoms with E-state index in [0.29, 0.717) is 6.54 Å². The summed E-state index contributed by atoms with van der Waals surface area (Å²) in [6, 6.07) is 26.6. The number of rotatable bonds is 7. The molecule has 0 aromatic heterocycles. The molecule has 2 heterocycles. The third kappa shape index (κ3) is 5.27. The molecule has 0 fully saturated rings. The number of allylic oxidation sites excluding steroid dienone is 7. The minimum absolute atomic E-state index is 0.0898. The van der Waals surface area contributed by atoms with Gasteiger partial charge < -0.3 is 9.80 Å². The standard InChI is InChI=1S/C46H52N3O/c1-9-47(31(4)50)44-34(25-29-40-45(5,6)42-36-21-14-12-17-32(36)23-27-38(42)48(40)10-2)19-16-20-35(44)26-30-41-46(7,8)43-37-22-15-13-18-33(37)24-28-39(43)49(41)11-3/h12-15,17-18,21-30H,9-11,16,19-20H2,1-8H3/q+1. The molecule has 4 aromatic carbocycles. The van der Waals surface area contributed by atoms with E-state index in [9.17, 15) is 4.79 Å². The van der Waals surface area contributed by atoms with Crippen LogP contribution in [0, 0.1) is 0 Å². The van der Waals surface area contributed by atoms with E-state index >= 15 is 0 Å². The molecule has 1 amide bonds. The van der Waals surface area contributed by atoms with Crippen molar-refractivity contribution in [1.29, 1.82) is 0 Å². The number of nitrogens with zero attached hydrogens (tertiary/aromatic N) is 3. The Balaban J connectivity index is 1.34. The van der Waals surface area contributed by atoms with Crippen LogP contribution in [-0.2, 0) is 15.6 Å². The molecule has 4 nitrogen and oxygen atoms in total. The van der Waals surface area contributed by atoms with Gasteiger partial charge in [-0.15, -0.1) is 0 Å². The van der Waals surface area contributed by atoms with Gasteiger partial charge in [0, 0.05) is 60.2 Å². The second kappa shape index (κ2) is 12.9. The van der Waals surface area contributed by atoms with Gasteiger partial charge in [-0.25, -0.2) is 0 Å². The zero-order valence-corrected chi connectivity index (χ0v) is 31.2. The number of anilines is 1. The van der Waals surface area contributed by atoms with Crippen molar-refractivity contribution in [3.05, 3.63) is 131 Å². The number of hydrogen-bond donors (Lipinski definition) is 0. The van der Waals surface area contributed by atoms with Crippen LogP contribution < -0.4 is 4.90 Å². The minimum Gasteiger partial charge on any atom is -0.344 e. The van der Waals surface area contributed by atoms with Crippen molar-refractivity contribution in [3.8, 4) is 0 Å². The van der Waals surface area contributed by atoms with Gasteiger partial charge in [0.2, 0.25) is 11.6 Å². The number of hydrogen-bond acceptors (Lipinski definition) is 2. The van der Waals surface area contributed by atoms with E-state index in [1.54, 1.807) is 6.92 Å². The Labute approximate surface area is 298 Å². The van der Waals surface area contributed by atoms with Gasteiger partial charge in [0.1, 0.15) is 6.54 Å². The fourth-order valence-corrected chi connectivity index (χ4v) is 9.23. The molecule has 0 spiro atoms. The lowest BCUT2D eigenvalue weighted by Crippen LogP contribution is -2.31. The van der Waals surface area contributed by atoms with E-state index in [1.807, 2.05) is 4.90 Å². The summed E-state index contributed by atoms with van der Waals surface area (Å²) in [5.41, 5.74) is 11.2. The first kappa shape index (κ1) is 33.8. The molecular formula is C46H52N3O+. The molecule has 3 aliphatic rings. The van der Waals surface area contributed by atoms with Gasteiger partial charge in [0.05, 0.1) is 5.41 Å². The fraction of sp³-hybridized carbons (Fsp3) is 0.348. The van der Waals surface area contributed by atoms with Crippen LogP contribution in [0.25, 0.3) is 21.5 Å². The molecule has 2 aliphatic heterocycles. The molecule has 0 saturated heterocycles. The zero-order valence-electron chi connectivity index (χ0n) is 31.2. The van der Waals surface area contributed by atoms with Crippen molar-refractivity contribution in [2.45, 2.75) is 85.5 Å². The molecule has 0 radical (unpaired) electrons. The topological polar surface area (TPSA) is 26.6 Å². The van der Waals surface area contributed by atoms with Crippen molar-refractivity contribution >= 4 is 44.5 Å². The molecular weight excluding hydrogens is 611 g/mol. The van der Waals surface area contributed by atoms with E-state index in [0.717, 1.165) is 38.0 Å². The summed E-state index contributed by atoms with van der Waals surface area (Å²) in [7, 11) is 0. The lowest BCUT2D eigenvalue weighted by atomic mass is 9.78. The first-order valence-electron chi connectivity index (χ1n) is 18.6. The predicted molar refractivity (Wildman–Crippen MR) is 212 cm³/mol. The van der Waals surface area contributed by atoms with E-state index in [4.69, 9.17) is 0 Å². The van der Waals surface area contributed by atoms with Crippen LogP contribution in [0.1, 0.15) is 85.8 Å². The Morgan fingerprint density at radius 1 is 0.800 bits per heavy atom. The Kier molecular flexibility index (Phi) is 8.70. The van der Waals surface area contributed by atoms with Gasteiger partial charge in [0.25, 0.3) is 0 Å². The first-order chi connectivity index (χ1) is 24.0. The summed E-state index contributed by atoms with van der Waals surface area (Å²) in [5.74, 6) is 0.0898. The predicted octanol–water partition coefficient (Wildman–Crippen LogP) is 10.9. The Hall–Kier alpha value is -4.70. The quantitative estimate of drug-likeness (QED) is 0.184. The molecule has 0 bridgehead atoms. The maximum Gasteiger partial charge on any atom is 0.223 e. The summed E-state index contributed by atoms with van der Waals surface area (Å²) in [4.78, 5) is 17.7. The number of likely N-dealkylation sites (N-methyl/N-ethyl adjacent to an activating group) is 2. The summed E-state index contributed by atoms with van der Waals surface area (Å²) in [6.45, 7) is 20.2. The van der Waals surface area contributed by atoms with Crippen molar-refractivity contribution in [2.75, 3.05) is 24.5 Å². The largest absolute Gasteiger partial charge is 0.344 e. The molecule has 0 saturated carbocycles. The molecule has 4 aromatic rings. The average molecular weight is 663 g/mol. The molecule has 256 valence electrons. The van der Waals surface area contributed by atoms with Gasteiger partial charge in [-0.2, -0.15) is 4.58 Å². The second-order valence-electron chi connectivity index (χ2n) is 15.1. The second-order valence-corrected chi connectivity index (χ2v) is 15.1. The highest BCUT2D eigenvalue weighted by Crippen LogP contribution is 2.51. The summed E-state index contributed by atoms with van der Waals surface area (Å²) >= 11 is 0. The van der Waals surface area contributed by atoms with Crippen molar-refractivity contribution < 1.29 is 9.37 Å². The van der Waals surface area contributed by atoms with Crippen molar-refractivity contribution in [2.24, 2.45) is 0 Å². The SMILES string of the molecule is CCN(C(C)=O)C1=C(/C=C/C2=[N+](CC)c3ccc4ccccc4c3C2(C)C)CCC/C1=C\C=C1\N(CC)c2ccc3ccccc3c2C1(C)C. The highest BCUT2D eigenvalue weighted by molar-refractivity contribution is 6.07. The van der Waals surface area contributed by atoms with Crippen LogP contribution >= 0.6 is 0 Å². The van der Waals surface area contributed by atoms with E-state index in [-0.39, 0.29) is 16.7 Å². The van der Waals surface area contributed by atoms with E-state index < -0.39 is 0 Å². The lowest BCUT2D eigenvalue weighted by molar-refractivity contribution is -0.433. The van der Waals surface area contributed by atoms with Crippen LogP contribution in [0.5, 0.6) is 0 Å². The number of fused-ring (bicyclic) bond motifs is 6. The Bertz CT molecular complexity index is 2190. The minimum atomic E-state index is -0.164. The van der Waals surface area contributed by atoms with Crippen LogP contribution in [-0.4, -0.2) is 40.7 Å². The number of carbonyl (C=O) groups is 1. The number of amides is 1.